The van der Waals surface area contributed by atoms with Crippen molar-refractivity contribution in [3.63, 3.8) is 0 Å². The van der Waals surface area contributed by atoms with Gasteiger partial charge in [0.15, 0.2) is 23.2 Å². The third kappa shape index (κ3) is 5.78. The summed E-state index contributed by atoms with van der Waals surface area (Å²) in [6, 6.07) is 7.00. The minimum Gasteiger partial charge on any atom is -0.465 e. The molecule has 216 valence electrons. The molecule has 2 aromatic heterocycles. The molecule has 1 saturated heterocycles. The molecular formula is C24H31FN7O7P. The summed E-state index contributed by atoms with van der Waals surface area (Å²) in [6.07, 6.45) is -2.51. The number of benzene rings is 1. The summed E-state index contributed by atoms with van der Waals surface area (Å²) in [7, 11) is -2.68. The number of aliphatic hydroxyl groups excluding tert-OH is 1. The maximum absolute atomic E-state index is 16.2. The van der Waals surface area contributed by atoms with Crippen LogP contribution < -0.4 is 20.7 Å². The van der Waals surface area contributed by atoms with Crippen LogP contribution in [0.1, 0.15) is 20.1 Å². The number of rotatable bonds is 12. The molecule has 0 spiro atoms. The van der Waals surface area contributed by atoms with E-state index >= 15 is 4.39 Å². The Balaban J connectivity index is 1.60. The van der Waals surface area contributed by atoms with Crippen molar-refractivity contribution in [1.82, 2.24) is 24.6 Å². The van der Waals surface area contributed by atoms with Crippen LogP contribution in [0.25, 0.3) is 11.2 Å². The number of alkyl halides is 1. The molecule has 3 heterocycles. The summed E-state index contributed by atoms with van der Waals surface area (Å²) in [4.78, 5) is 24.6. The number of ether oxygens (including phenoxy) is 2. The van der Waals surface area contributed by atoms with Gasteiger partial charge >= 0.3 is 13.7 Å². The summed E-state index contributed by atoms with van der Waals surface area (Å²) in [6.45, 7) is 6.08. The van der Waals surface area contributed by atoms with Crippen LogP contribution in [0.3, 0.4) is 0 Å². The number of nitrogen functional groups attached to an aromatic ring is 1. The second kappa shape index (κ2) is 11.9. The maximum Gasteiger partial charge on any atom is 0.459 e. The van der Waals surface area contributed by atoms with Crippen molar-refractivity contribution in [2.24, 2.45) is 0 Å². The fourth-order valence-electron chi connectivity index (χ4n) is 4.12. The Morgan fingerprint density at radius 2 is 2.12 bits per heavy atom. The van der Waals surface area contributed by atoms with Crippen LogP contribution in [0, 0.1) is 0 Å². The van der Waals surface area contributed by atoms with E-state index in [2.05, 4.69) is 31.9 Å². The van der Waals surface area contributed by atoms with Gasteiger partial charge in [-0.3, -0.25) is 13.9 Å². The van der Waals surface area contributed by atoms with Crippen LogP contribution >= 0.6 is 7.75 Å². The molecule has 1 aliphatic heterocycles. The second-order valence-electron chi connectivity index (χ2n) is 8.81. The van der Waals surface area contributed by atoms with Crippen molar-refractivity contribution in [2.75, 3.05) is 31.3 Å². The molecule has 0 amide bonds. The summed E-state index contributed by atoms with van der Waals surface area (Å²) >= 11 is 0. The van der Waals surface area contributed by atoms with Crippen LogP contribution in [0.15, 0.2) is 49.3 Å². The van der Waals surface area contributed by atoms with E-state index < -0.39 is 50.5 Å². The van der Waals surface area contributed by atoms with Gasteiger partial charge in [-0.05, 0) is 32.1 Å². The Hall–Kier alpha value is -3.62. The molecule has 1 fully saturated rings. The van der Waals surface area contributed by atoms with Gasteiger partial charge in [-0.25, -0.2) is 13.9 Å². The maximum atomic E-state index is 16.2. The highest BCUT2D eigenvalue weighted by atomic mass is 31.2. The number of anilines is 2. The van der Waals surface area contributed by atoms with E-state index in [-0.39, 0.29) is 24.0 Å². The lowest BCUT2D eigenvalue weighted by molar-refractivity contribution is -0.144. The quantitative estimate of drug-likeness (QED) is 0.139. The Bertz CT molecular complexity index is 1410. The van der Waals surface area contributed by atoms with Crippen molar-refractivity contribution in [2.45, 2.75) is 44.0 Å². The van der Waals surface area contributed by atoms with Crippen LogP contribution in [0.5, 0.6) is 5.75 Å². The van der Waals surface area contributed by atoms with Crippen molar-refractivity contribution < 1.29 is 37.4 Å². The fraction of sp³-hybridized carbons (Fsp3) is 0.417. The first-order chi connectivity index (χ1) is 19.0. The van der Waals surface area contributed by atoms with Crippen LogP contribution in [0.2, 0.25) is 0 Å². The molecule has 1 aliphatic rings. The lowest BCUT2D eigenvalue weighted by Crippen LogP contribution is -2.42. The zero-order valence-electron chi connectivity index (χ0n) is 22.1. The minimum absolute atomic E-state index is 0.0964. The van der Waals surface area contributed by atoms with Gasteiger partial charge in [-0.1, -0.05) is 24.8 Å². The number of nitrogens with two attached hydrogens (primary N) is 1. The molecule has 0 bridgehead atoms. The number of carbonyl (C=O) groups is 1. The van der Waals surface area contributed by atoms with Crippen LogP contribution in [-0.2, 0) is 23.4 Å². The van der Waals surface area contributed by atoms with Crippen LogP contribution in [-0.4, -0.2) is 74.8 Å². The molecule has 14 nitrogen and oxygen atoms in total. The van der Waals surface area contributed by atoms with E-state index in [9.17, 15) is 14.5 Å². The van der Waals surface area contributed by atoms with Crippen molar-refractivity contribution in [3.8, 4) is 5.75 Å². The molecule has 16 heteroatoms. The summed E-state index contributed by atoms with van der Waals surface area (Å²) in [5.74, 6) is -0.304. The molecule has 0 unspecified atom stereocenters. The monoisotopic (exact) mass is 579 g/mol. The summed E-state index contributed by atoms with van der Waals surface area (Å²) in [5, 5.41) is 16.3. The van der Waals surface area contributed by atoms with E-state index in [1.165, 1.54) is 30.0 Å². The van der Waals surface area contributed by atoms with Crippen molar-refractivity contribution >= 4 is 36.6 Å². The first kappa shape index (κ1) is 29.4. The molecule has 0 radical (unpaired) electrons. The minimum atomic E-state index is -4.30. The smallest absolute Gasteiger partial charge is 0.459 e. The number of aliphatic hydroxyl groups is 1. The lowest BCUT2D eigenvalue weighted by atomic mass is 9.96. The van der Waals surface area contributed by atoms with Gasteiger partial charge in [-0.15, -0.1) is 0 Å². The van der Waals surface area contributed by atoms with Gasteiger partial charge < -0.3 is 30.2 Å². The predicted octanol–water partition coefficient (Wildman–Crippen LogP) is 2.35. The number of carbonyl (C=O) groups excluding carboxylic acids is 1. The van der Waals surface area contributed by atoms with E-state index in [1.807, 2.05) is 0 Å². The number of imidazole rings is 1. The topological polar surface area (TPSA) is 185 Å². The number of hydrogen-bond acceptors (Lipinski definition) is 12. The number of fused-ring (bicyclic) bond motifs is 1. The molecule has 5 N–H and O–H groups in total. The number of nitrogens with zero attached hydrogens (tertiary/aromatic N) is 4. The van der Waals surface area contributed by atoms with Gasteiger partial charge in [-0.2, -0.15) is 15.1 Å². The van der Waals surface area contributed by atoms with E-state index in [0.29, 0.717) is 11.3 Å². The largest absolute Gasteiger partial charge is 0.465 e. The Kier molecular flexibility index (Phi) is 8.71. The third-order valence-electron chi connectivity index (χ3n) is 6.10. The van der Waals surface area contributed by atoms with Gasteiger partial charge in [0.2, 0.25) is 11.6 Å². The number of esters is 1. The molecule has 3 aromatic rings. The number of aromatic nitrogens is 4. The normalized spacial score (nSPS) is 24.8. The number of halogens is 1. The molecule has 0 aliphatic carbocycles. The Morgan fingerprint density at radius 1 is 1.40 bits per heavy atom. The zero-order chi connectivity index (χ0) is 29.1. The highest BCUT2D eigenvalue weighted by Gasteiger charge is 2.57. The Labute approximate surface area is 229 Å². The molecule has 1 aromatic carbocycles. The van der Waals surface area contributed by atoms with Gasteiger partial charge in [0.1, 0.15) is 24.0 Å². The highest BCUT2D eigenvalue weighted by molar-refractivity contribution is 7.52. The number of para-hydroxylation sites is 1. The molecule has 4 rings (SSSR count). The first-order valence-corrected chi connectivity index (χ1v) is 13.9. The second-order valence-corrected chi connectivity index (χ2v) is 10.5. The average Bonchev–Trinajstić information content (AvgIpc) is 3.46. The lowest BCUT2D eigenvalue weighted by Gasteiger charge is -2.26. The van der Waals surface area contributed by atoms with Gasteiger partial charge in [0.25, 0.3) is 0 Å². The summed E-state index contributed by atoms with van der Waals surface area (Å²) in [5.41, 5.74) is 3.70. The summed E-state index contributed by atoms with van der Waals surface area (Å²) < 4.78 is 53.2. The standard InChI is InChI=1S/C24H31FN7O7P/c1-5-24(25)18(33)16(38-22(24)32-13-28-17-19(27-4)29-23(26)30-20(17)32)12-37-40(35,31-14(3)21(34)36-6-2)39-15-10-8-7-9-11-15/h5,7-11,13-14,16,18,22,33H,1,6,12H2,2-4H3,(H,31,35)(H3,26,27,29,30)/t14-,16-,18-,22-,24-,40+/m1/s1. The third-order valence-corrected chi connectivity index (χ3v) is 7.74. The van der Waals surface area contributed by atoms with E-state index in [1.54, 1.807) is 32.2 Å². The molecule has 0 saturated carbocycles. The van der Waals surface area contributed by atoms with Crippen molar-refractivity contribution in [3.05, 3.63) is 49.3 Å². The fourth-order valence-corrected chi connectivity index (χ4v) is 5.63. The number of hydrogen-bond donors (Lipinski definition) is 4. The average molecular weight is 580 g/mol. The zero-order valence-corrected chi connectivity index (χ0v) is 23.0. The molecule has 40 heavy (non-hydrogen) atoms. The number of nitrogens with one attached hydrogen (secondary N) is 2. The van der Waals surface area contributed by atoms with Gasteiger partial charge in [0.05, 0.1) is 19.5 Å². The van der Waals surface area contributed by atoms with E-state index in [4.69, 9.17) is 24.3 Å². The molecule has 6 atom stereocenters. The highest BCUT2D eigenvalue weighted by Crippen LogP contribution is 2.48. The molecular weight excluding hydrogens is 548 g/mol. The van der Waals surface area contributed by atoms with Gasteiger partial charge in [0, 0.05) is 7.05 Å². The van der Waals surface area contributed by atoms with Crippen molar-refractivity contribution in [1.29, 1.82) is 0 Å². The van der Waals surface area contributed by atoms with E-state index in [0.717, 1.165) is 6.08 Å². The Morgan fingerprint density at radius 3 is 2.77 bits per heavy atom. The van der Waals surface area contributed by atoms with Crippen LogP contribution in [0.4, 0.5) is 16.2 Å². The predicted molar refractivity (Wildman–Crippen MR) is 143 cm³/mol. The first-order valence-electron chi connectivity index (χ1n) is 12.3. The SMILES string of the molecule is C=C[C@@]1(F)[C@H](O)[C@@H](CO[P@@](=O)(N[C@H](C)C(=O)OCC)Oc2ccccc2)O[C@H]1n1cnc2c(NC)nc(N)nc21.